The Hall–Kier alpha value is -1.20. The first-order valence-corrected chi connectivity index (χ1v) is 10.1. The minimum absolute atomic E-state index is 0.0403. The lowest BCUT2D eigenvalue weighted by Gasteiger charge is -2.37. The summed E-state index contributed by atoms with van der Waals surface area (Å²) < 4.78 is 18.0. The average Bonchev–Trinajstić information content (AvgIpc) is 2.54. The minimum atomic E-state index is -0.717. The van der Waals surface area contributed by atoms with E-state index in [9.17, 15) is 9.00 Å². The molecule has 2 heterocycles. The number of hydrogen-bond acceptors (Lipinski definition) is 4. The van der Waals surface area contributed by atoms with Gasteiger partial charge in [0.25, 0.3) is 0 Å². The second kappa shape index (κ2) is 7.79. The average molecular weight is 349 g/mol. The number of carbonyl (C=O) groups is 1. The molecule has 1 aromatic carbocycles. The third kappa shape index (κ3) is 4.06. The lowest BCUT2D eigenvalue weighted by molar-refractivity contribution is 0.0895. The van der Waals surface area contributed by atoms with Crippen LogP contribution < -0.4 is 4.74 Å². The molecule has 2 fully saturated rings. The van der Waals surface area contributed by atoms with Gasteiger partial charge in [-0.05, 0) is 64.0 Å². The molecule has 0 amide bonds. The molecule has 2 unspecified atom stereocenters. The Balaban J connectivity index is 1.60. The van der Waals surface area contributed by atoms with Crippen molar-refractivity contribution in [3.63, 3.8) is 0 Å². The van der Waals surface area contributed by atoms with E-state index in [1.807, 2.05) is 38.4 Å². The van der Waals surface area contributed by atoms with Crippen LogP contribution in [0.15, 0.2) is 24.3 Å². The Morgan fingerprint density at radius 3 is 2.38 bits per heavy atom. The first kappa shape index (κ1) is 17.6. The maximum atomic E-state index is 12.8. The van der Waals surface area contributed by atoms with Gasteiger partial charge in [0.05, 0.1) is 0 Å². The predicted molar refractivity (Wildman–Crippen MR) is 97.1 cm³/mol. The zero-order chi connectivity index (χ0) is 17.1. The third-order valence-electron chi connectivity index (χ3n) is 5.12. The van der Waals surface area contributed by atoms with Crippen LogP contribution in [0.25, 0.3) is 0 Å². The molecular weight excluding hydrogens is 322 g/mol. The van der Waals surface area contributed by atoms with E-state index in [2.05, 4.69) is 4.90 Å². The van der Waals surface area contributed by atoms with Crippen LogP contribution in [0, 0.1) is 5.92 Å². The zero-order valence-corrected chi connectivity index (χ0v) is 15.4. The largest absolute Gasteiger partial charge is 0.492 e. The number of rotatable bonds is 6. The van der Waals surface area contributed by atoms with Gasteiger partial charge in [0.15, 0.2) is 5.78 Å². The molecule has 2 atom stereocenters. The monoisotopic (exact) mass is 349 g/mol. The summed E-state index contributed by atoms with van der Waals surface area (Å²) >= 11 is 0. The second-order valence-electron chi connectivity index (χ2n) is 7.21. The molecule has 5 heteroatoms. The van der Waals surface area contributed by atoms with Crippen molar-refractivity contribution in [2.45, 2.75) is 42.6 Å². The van der Waals surface area contributed by atoms with Gasteiger partial charge in [0.1, 0.15) is 12.4 Å². The Kier molecular flexibility index (Phi) is 5.72. The number of ether oxygens (including phenoxy) is 1. The van der Waals surface area contributed by atoms with E-state index in [0.29, 0.717) is 6.61 Å². The fourth-order valence-corrected chi connectivity index (χ4v) is 5.93. The van der Waals surface area contributed by atoms with Gasteiger partial charge in [0.2, 0.25) is 0 Å². The van der Waals surface area contributed by atoms with E-state index < -0.39 is 10.8 Å². The molecular formula is C19H27NO3S. The maximum absolute atomic E-state index is 12.8. The van der Waals surface area contributed by atoms with Crippen LogP contribution in [0.3, 0.4) is 0 Å². The Morgan fingerprint density at radius 2 is 1.79 bits per heavy atom. The van der Waals surface area contributed by atoms with Crippen LogP contribution in [0.1, 0.15) is 42.5 Å². The molecule has 1 aromatic rings. The SMILES string of the molecule is CN(C)CCOc1ccc(C(=O)C2CC3CCCC(C2)S3=O)cc1. The van der Waals surface area contributed by atoms with Crippen molar-refractivity contribution in [2.75, 3.05) is 27.2 Å². The van der Waals surface area contributed by atoms with Crippen LogP contribution in [0.4, 0.5) is 0 Å². The first-order chi connectivity index (χ1) is 11.5. The minimum Gasteiger partial charge on any atom is -0.492 e. The van der Waals surface area contributed by atoms with Gasteiger partial charge in [-0.3, -0.25) is 9.00 Å². The summed E-state index contributed by atoms with van der Waals surface area (Å²) in [5.41, 5.74) is 0.755. The highest BCUT2D eigenvalue weighted by Gasteiger charge is 2.40. The van der Waals surface area contributed by atoms with Crippen molar-refractivity contribution >= 4 is 16.6 Å². The highest BCUT2D eigenvalue weighted by atomic mass is 32.2. The van der Waals surface area contributed by atoms with E-state index in [1.54, 1.807) is 0 Å². The van der Waals surface area contributed by atoms with Crippen LogP contribution >= 0.6 is 0 Å². The molecule has 0 aliphatic carbocycles. The third-order valence-corrected chi connectivity index (χ3v) is 7.29. The summed E-state index contributed by atoms with van der Waals surface area (Å²) in [6, 6.07) is 7.50. The van der Waals surface area contributed by atoms with E-state index in [-0.39, 0.29) is 22.2 Å². The van der Waals surface area contributed by atoms with E-state index in [1.165, 1.54) is 6.42 Å². The Morgan fingerprint density at radius 1 is 1.17 bits per heavy atom. The summed E-state index contributed by atoms with van der Waals surface area (Å²) in [4.78, 5) is 14.9. The number of nitrogens with zero attached hydrogens (tertiary/aromatic N) is 1. The first-order valence-electron chi connectivity index (χ1n) is 8.86. The lowest BCUT2D eigenvalue weighted by Crippen LogP contribution is -2.41. The Labute approximate surface area is 147 Å². The van der Waals surface area contributed by atoms with Gasteiger partial charge < -0.3 is 9.64 Å². The zero-order valence-electron chi connectivity index (χ0n) is 14.6. The van der Waals surface area contributed by atoms with Crippen molar-refractivity contribution in [2.24, 2.45) is 5.92 Å². The lowest BCUT2D eigenvalue weighted by atomic mass is 9.84. The smallest absolute Gasteiger partial charge is 0.166 e. The summed E-state index contributed by atoms with van der Waals surface area (Å²) in [6.07, 6.45) is 4.80. The van der Waals surface area contributed by atoms with Gasteiger partial charge in [-0.2, -0.15) is 0 Å². The van der Waals surface area contributed by atoms with Crippen molar-refractivity contribution in [1.82, 2.24) is 4.90 Å². The van der Waals surface area contributed by atoms with Gasteiger partial charge in [0, 0.05) is 39.3 Å². The van der Waals surface area contributed by atoms with Crippen LogP contribution in [-0.2, 0) is 10.8 Å². The molecule has 3 rings (SSSR count). The number of benzene rings is 1. The van der Waals surface area contributed by atoms with Gasteiger partial charge in [-0.25, -0.2) is 0 Å². The highest BCUT2D eigenvalue weighted by Crippen LogP contribution is 2.38. The molecule has 0 spiro atoms. The molecule has 24 heavy (non-hydrogen) atoms. The van der Waals surface area contributed by atoms with Crippen LogP contribution in [0.5, 0.6) is 5.75 Å². The summed E-state index contributed by atoms with van der Waals surface area (Å²) in [6.45, 7) is 1.50. The summed E-state index contributed by atoms with van der Waals surface area (Å²) in [7, 11) is 3.31. The summed E-state index contributed by atoms with van der Waals surface area (Å²) in [5, 5.41) is 0.472. The van der Waals surface area contributed by atoms with Crippen molar-refractivity contribution in [3.05, 3.63) is 29.8 Å². The van der Waals surface area contributed by atoms with E-state index in [4.69, 9.17) is 4.74 Å². The number of Topliss-reactive ketones (excluding diaryl/α,β-unsaturated/α-hetero) is 1. The normalized spacial score (nSPS) is 29.5. The van der Waals surface area contributed by atoms with Crippen molar-refractivity contribution in [1.29, 1.82) is 0 Å². The number of carbonyl (C=O) groups excluding carboxylic acids is 1. The van der Waals surface area contributed by atoms with Crippen LogP contribution in [-0.4, -0.2) is 52.6 Å². The molecule has 0 N–H and O–H groups in total. The molecule has 0 radical (unpaired) electrons. The molecule has 4 nitrogen and oxygen atoms in total. The van der Waals surface area contributed by atoms with Crippen molar-refractivity contribution < 1.29 is 13.7 Å². The van der Waals surface area contributed by atoms with Gasteiger partial charge in [-0.1, -0.05) is 6.42 Å². The highest BCUT2D eigenvalue weighted by molar-refractivity contribution is 7.86. The van der Waals surface area contributed by atoms with Gasteiger partial charge in [-0.15, -0.1) is 0 Å². The molecule has 2 aliphatic rings. The van der Waals surface area contributed by atoms with E-state index in [0.717, 1.165) is 43.5 Å². The fourth-order valence-electron chi connectivity index (χ4n) is 3.75. The molecule has 2 bridgehead atoms. The molecule has 2 aliphatic heterocycles. The Bertz CT molecular complexity index is 583. The maximum Gasteiger partial charge on any atom is 0.166 e. The number of hydrogen-bond donors (Lipinski definition) is 0. The standard InChI is InChI=1S/C19H27NO3S/c1-20(2)10-11-23-16-8-6-14(7-9-16)19(21)15-12-17-4-3-5-18(13-15)24(17)22/h6-9,15,17-18H,3-5,10-13H2,1-2H3. The van der Waals surface area contributed by atoms with Crippen LogP contribution in [0.2, 0.25) is 0 Å². The fraction of sp³-hybridized carbons (Fsp3) is 0.632. The molecule has 0 saturated carbocycles. The predicted octanol–water partition coefficient (Wildman–Crippen LogP) is 2.89. The van der Waals surface area contributed by atoms with Gasteiger partial charge >= 0.3 is 0 Å². The quantitative estimate of drug-likeness (QED) is 0.741. The topological polar surface area (TPSA) is 46.6 Å². The summed E-state index contributed by atoms with van der Waals surface area (Å²) in [5.74, 6) is 1.05. The molecule has 0 aromatic heterocycles. The number of fused-ring (bicyclic) bond motifs is 2. The number of ketones is 1. The number of likely N-dealkylation sites (N-methyl/N-ethyl adjacent to an activating group) is 1. The molecule has 132 valence electrons. The molecule has 2 saturated heterocycles. The second-order valence-corrected chi connectivity index (χ2v) is 9.20. The van der Waals surface area contributed by atoms with Crippen molar-refractivity contribution in [3.8, 4) is 5.75 Å². The van der Waals surface area contributed by atoms with E-state index >= 15 is 0 Å².